The number of nitriles is 1. The molecule has 1 aliphatic carbocycles. The minimum absolute atomic E-state index is 0.0467. The highest BCUT2D eigenvalue weighted by molar-refractivity contribution is 5.88. The van der Waals surface area contributed by atoms with E-state index in [1.807, 2.05) is 38.1 Å². The molecule has 2 rings (SSSR count). The second-order valence-corrected chi connectivity index (χ2v) is 4.75. The van der Waals surface area contributed by atoms with Crippen LogP contribution in [0.5, 0.6) is 0 Å². The van der Waals surface area contributed by atoms with E-state index in [1.165, 1.54) is 0 Å². The van der Waals surface area contributed by atoms with E-state index in [-0.39, 0.29) is 11.9 Å². The maximum Gasteiger partial charge on any atom is 0.240 e. The second-order valence-electron chi connectivity index (χ2n) is 4.75. The van der Waals surface area contributed by atoms with Crippen LogP contribution >= 0.6 is 0 Å². The Morgan fingerprint density at radius 3 is 2.65 bits per heavy atom. The minimum atomic E-state index is -0.739. The van der Waals surface area contributed by atoms with E-state index in [9.17, 15) is 4.79 Å². The molecule has 1 atom stereocenters. The highest BCUT2D eigenvalue weighted by Crippen LogP contribution is 2.45. The Morgan fingerprint density at radius 2 is 2.12 bits per heavy atom. The summed E-state index contributed by atoms with van der Waals surface area (Å²) in [4.78, 5) is 11.9. The van der Waals surface area contributed by atoms with E-state index < -0.39 is 5.41 Å². The highest BCUT2D eigenvalue weighted by Gasteiger charge is 2.50. The summed E-state index contributed by atoms with van der Waals surface area (Å²) in [7, 11) is 0. The summed E-state index contributed by atoms with van der Waals surface area (Å²) >= 11 is 0. The van der Waals surface area contributed by atoms with Gasteiger partial charge < -0.3 is 5.32 Å². The average molecular weight is 228 g/mol. The first-order valence-electron chi connectivity index (χ1n) is 5.87. The molecule has 1 saturated carbocycles. The molecule has 0 saturated heterocycles. The zero-order valence-electron chi connectivity index (χ0n) is 10.2. The van der Waals surface area contributed by atoms with E-state index in [1.54, 1.807) is 0 Å². The molecule has 0 aromatic heterocycles. The molecular weight excluding hydrogens is 212 g/mol. The molecule has 1 aromatic rings. The van der Waals surface area contributed by atoms with Crippen LogP contribution in [0.15, 0.2) is 24.3 Å². The number of nitrogens with zero attached hydrogens (tertiary/aromatic N) is 1. The molecule has 0 radical (unpaired) electrons. The molecule has 0 spiro atoms. The molecule has 1 unspecified atom stereocenters. The van der Waals surface area contributed by atoms with Crippen LogP contribution in [0.1, 0.15) is 36.9 Å². The van der Waals surface area contributed by atoms with Gasteiger partial charge in [-0.25, -0.2) is 0 Å². The fourth-order valence-corrected chi connectivity index (χ4v) is 2.00. The lowest BCUT2D eigenvalue weighted by atomic mass is 10.0. The van der Waals surface area contributed by atoms with Gasteiger partial charge in [-0.3, -0.25) is 4.79 Å². The first-order chi connectivity index (χ1) is 8.09. The van der Waals surface area contributed by atoms with Gasteiger partial charge in [0, 0.05) is 0 Å². The molecule has 0 aliphatic heterocycles. The number of aryl methyl sites for hydroxylation is 1. The van der Waals surface area contributed by atoms with Crippen LogP contribution in [-0.4, -0.2) is 5.91 Å². The van der Waals surface area contributed by atoms with Crippen molar-refractivity contribution in [1.82, 2.24) is 5.32 Å². The summed E-state index contributed by atoms with van der Waals surface area (Å²) < 4.78 is 0. The molecule has 0 heterocycles. The number of nitrogens with one attached hydrogen (secondary N) is 1. The van der Waals surface area contributed by atoms with Crippen molar-refractivity contribution in [3.05, 3.63) is 35.4 Å². The van der Waals surface area contributed by atoms with E-state index >= 15 is 0 Å². The molecule has 3 nitrogen and oxygen atoms in total. The van der Waals surface area contributed by atoms with E-state index in [4.69, 9.17) is 5.26 Å². The maximum absolute atomic E-state index is 11.9. The Labute approximate surface area is 101 Å². The number of rotatable bonds is 3. The third kappa shape index (κ3) is 2.16. The van der Waals surface area contributed by atoms with Crippen molar-refractivity contribution >= 4 is 5.91 Å². The summed E-state index contributed by atoms with van der Waals surface area (Å²) in [6.45, 7) is 3.98. The van der Waals surface area contributed by atoms with Gasteiger partial charge in [-0.1, -0.05) is 24.3 Å². The van der Waals surface area contributed by atoms with Crippen molar-refractivity contribution in [2.45, 2.75) is 32.7 Å². The minimum Gasteiger partial charge on any atom is -0.348 e. The fraction of sp³-hybridized carbons (Fsp3) is 0.429. The van der Waals surface area contributed by atoms with E-state index in [2.05, 4.69) is 11.4 Å². The van der Waals surface area contributed by atoms with Crippen molar-refractivity contribution in [2.24, 2.45) is 5.41 Å². The first kappa shape index (κ1) is 11.7. The van der Waals surface area contributed by atoms with Gasteiger partial charge in [0.2, 0.25) is 5.91 Å². The first-order valence-corrected chi connectivity index (χ1v) is 5.87. The number of carbonyl (C=O) groups is 1. The maximum atomic E-state index is 11.9. The Kier molecular flexibility index (Phi) is 2.89. The lowest BCUT2D eigenvalue weighted by molar-refractivity contribution is -0.125. The molecule has 1 aliphatic rings. The Hall–Kier alpha value is -1.82. The molecule has 1 amide bonds. The van der Waals surface area contributed by atoms with E-state index in [0.29, 0.717) is 12.8 Å². The number of carbonyl (C=O) groups excluding carboxylic acids is 1. The molecule has 1 N–H and O–H groups in total. The van der Waals surface area contributed by atoms with Crippen molar-refractivity contribution < 1.29 is 4.79 Å². The summed E-state index contributed by atoms with van der Waals surface area (Å²) in [5.41, 5.74) is 1.52. The van der Waals surface area contributed by atoms with Crippen molar-refractivity contribution in [1.29, 1.82) is 5.26 Å². The van der Waals surface area contributed by atoms with Gasteiger partial charge in [0.05, 0.1) is 12.1 Å². The fourth-order valence-electron chi connectivity index (χ4n) is 2.00. The van der Waals surface area contributed by atoms with Gasteiger partial charge in [0.15, 0.2) is 0 Å². The van der Waals surface area contributed by atoms with Crippen LogP contribution in [0.4, 0.5) is 0 Å². The zero-order chi connectivity index (χ0) is 12.5. The Morgan fingerprint density at radius 1 is 1.47 bits per heavy atom. The highest BCUT2D eigenvalue weighted by atomic mass is 16.2. The van der Waals surface area contributed by atoms with Gasteiger partial charge in [-0.2, -0.15) is 5.26 Å². The van der Waals surface area contributed by atoms with Crippen molar-refractivity contribution in [3.63, 3.8) is 0 Å². The van der Waals surface area contributed by atoms with Crippen LogP contribution in [0.2, 0.25) is 0 Å². The molecule has 17 heavy (non-hydrogen) atoms. The zero-order valence-corrected chi connectivity index (χ0v) is 10.2. The van der Waals surface area contributed by atoms with Crippen LogP contribution in [0, 0.1) is 23.7 Å². The Bertz CT molecular complexity index is 483. The summed E-state index contributed by atoms with van der Waals surface area (Å²) in [5, 5.41) is 11.9. The van der Waals surface area contributed by atoms with Crippen LogP contribution < -0.4 is 5.32 Å². The topological polar surface area (TPSA) is 52.9 Å². The standard InChI is InChI=1S/C14H16N2O/c1-10-5-3-4-6-12(10)11(2)16-13(17)14(9-15)7-8-14/h3-6,11H,7-8H2,1-2H3,(H,16,17). The number of hydrogen-bond donors (Lipinski definition) is 1. The average Bonchev–Trinajstić information content (AvgIpc) is 3.10. The number of hydrogen-bond acceptors (Lipinski definition) is 2. The van der Waals surface area contributed by atoms with Gasteiger partial charge in [-0.05, 0) is 37.8 Å². The van der Waals surface area contributed by atoms with Crippen molar-refractivity contribution in [2.75, 3.05) is 0 Å². The van der Waals surface area contributed by atoms with Crippen LogP contribution in [0.25, 0.3) is 0 Å². The third-order valence-corrected chi connectivity index (χ3v) is 3.40. The lowest BCUT2D eigenvalue weighted by Gasteiger charge is -2.18. The monoisotopic (exact) mass is 228 g/mol. The van der Waals surface area contributed by atoms with Gasteiger partial charge in [-0.15, -0.1) is 0 Å². The summed E-state index contributed by atoms with van der Waals surface area (Å²) in [6, 6.07) is 10.0. The molecule has 1 fully saturated rings. The van der Waals surface area contributed by atoms with Crippen molar-refractivity contribution in [3.8, 4) is 6.07 Å². The van der Waals surface area contributed by atoms with Gasteiger partial charge >= 0.3 is 0 Å². The predicted octanol–water partition coefficient (Wildman–Crippen LogP) is 2.48. The predicted molar refractivity (Wildman–Crippen MR) is 65.0 cm³/mol. The normalized spacial score (nSPS) is 17.9. The van der Waals surface area contributed by atoms with Crippen LogP contribution in [-0.2, 0) is 4.79 Å². The van der Waals surface area contributed by atoms with E-state index in [0.717, 1.165) is 11.1 Å². The molecule has 0 bridgehead atoms. The summed E-state index contributed by atoms with van der Waals surface area (Å²) in [6.07, 6.45) is 1.38. The smallest absolute Gasteiger partial charge is 0.240 e. The third-order valence-electron chi connectivity index (χ3n) is 3.40. The SMILES string of the molecule is Cc1ccccc1C(C)NC(=O)C1(C#N)CC1. The summed E-state index contributed by atoms with van der Waals surface area (Å²) in [5.74, 6) is -0.129. The van der Waals surface area contributed by atoms with Crippen LogP contribution in [0.3, 0.4) is 0 Å². The number of benzene rings is 1. The quantitative estimate of drug-likeness (QED) is 0.864. The molecular formula is C14H16N2O. The van der Waals surface area contributed by atoms with Gasteiger partial charge in [0.1, 0.15) is 5.41 Å². The molecule has 88 valence electrons. The molecule has 3 heteroatoms. The number of amides is 1. The largest absolute Gasteiger partial charge is 0.348 e. The van der Waals surface area contributed by atoms with Gasteiger partial charge in [0.25, 0.3) is 0 Å². The lowest BCUT2D eigenvalue weighted by Crippen LogP contribution is -2.33. The Balaban J connectivity index is 2.08. The molecule has 1 aromatic carbocycles. The second kappa shape index (κ2) is 4.21.